The van der Waals surface area contributed by atoms with Gasteiger partial charge >= 0.3 is 0 Å². The highest BCUT2D eigenvalue weighted by Crippen LogP contribution is 2.39. The van der Waals surface area contributed by atoms with E-state index in [1.807, 2.05) is 18.2 Å². The van der Waals surface area contributed by atoms with Crippen LogP contribution in [0.1, 0.15) is 41.4 Å². The molecule has 1 saturated carbocycles. The van der Waals surface area contributed by atoms with E-state index in [0.717, 1.165) is 53.5 Å². The van der Waals surface area contributed by atoms with Gasteiger partial charge in [0.25, 0.3) is 0 Å². The van der Waals surface area contributed by atoms with Crippen LogP contribution in [0.4, 0.5) is 5.82 Å². The molecule has 7 nitrogen and oxygen atoms in total. The third kappa shape index (κ3) is 4.53. The summed E-state index contributed by atoms with van der Waals surface area (Å²) in [7, 11) is -1.49. The van der Waals surface area contributed by atoms with Crippen molar-refractivity contribution in [3.8, 4) is 5.75 Å². The smallest absolute Gasteiger partial charge is 0.211 e. The summed E-state index contributed by atoms with van der Waals surface area (Å²) in [4.78, 5) is 12.0. The first-order chi connectivity index (χ1) is 13.8. The number of benzene rings is 1. The van der Waals surface area contributed by atoms with E-state index in [0.29, 0.717) is 32.1 Å². The molecule has 8 heteroatoms. The lowest BCUT2D eigenvalue weighted by Crippen LogP contribution is -2.49. The van der Waals surface area contributed by atoms with Gasteiger partial charge in [-0.15, -0.1) is 0 Å². The lowest BCUT2D eigenvalue weighted by Gasteiger charge is -2.35. The number of piperazine rings is 1. The van der Waals surface area contributed by atoms with Crippen molar-refractivity contribution in [1.82, 2.24) is 14.3 Å². The molecular weight excluding hydrogens is 388 g/mol. The highest BCUT2D eigenvalue weighted by Gasteiger charge is 2.31. The van der Waals surface area contributed by atoms with Crippen molar-refractivity contribution in [3.05, 3.63) is 46.9 Å². The van der Waals surface area contributed by atoms with Crippen molar-refractivity contribution in [1.29, 1.82) is 0 Å². The summed E-state index contributed by atoms with van der Waals surface area (Å²) in [6, 6.07) is 8.06. The van der Waals surface area contributed by atoms with Crippen LogP contribution in [0.25, 0.3) is 0 Å². The quantitative estimate of drug-likeness (QED) is 0.720. The summed E-state index contributed by atoms with van der Waals surface area (Å²) < 4.78 is 30.7. The topological polar surface area (TPSA) is 75.6 Å². The molecule has 0 atom stereocenters. The van der Waals surface area contributed by atoms with Crippen molar-refractivity contribution in [2.75, 3.05) is 44.4 Å². The Bertz CT molecular complexity index is 997. The Morgan fingerprint density at radius 2 is 1.86 bits per heavy atom. The van der Waals surface area contributed by atoms with Gasteiger partial charge in [-0.25, -0.2) is 18.4 Å². The van der Waals surface area contributed by atoms with Gasteiger partial charge in [0.2, 0.25) is 10.0 Å². The van der Waals surface area contributed by atoms with Crippen LogP contribution in [0, 0.1) is 6.92 Å². The maximum absolute atomic E-state index is 11.9. The maximum Gasteiger partial charge on any atom is 0.211 e. The molecule has 1 aromatic carbocycles. The molecule has 2 fully saturated rings. The zero-order valence-corrected chi connectivity index (χ0v) is 18.1. The van der Waals surface area contributed by atoms with Crippen molar-refractivity contribution >= 4 is 15.8 Å². The summed E-state index contributed by atoms with van der Waals surface area (Å²) in [5, 5.41) is 0. The highest BCUT2D eigenvalue weighted by atomic mass is 32.2. The molecule has 1 saturated heterocycles. The third-order valence-electron chi connectivity index (χ3n) is 5.67. The second-order valence-corrected chi connectivity index (χ2v) is 9.90. The standard InChI is InChI=1S/C21H28N4O3S/c1-15-19(14-16-5-4-6-18(13-16)28-2)21(23-20(22-15)17-7-8-17)24-9-11-25(12-10-24)29(3,26)27/h4-6,13,17H,7-12,14H2,1-3H3. The van der Waals surface area contributed by atoms with E-state index in [1.54, 1.807) is 11.4 Å². The van der Waals surface area contributed by atoms with Crippen LogP contribution in [-0.2, 0) is 16.4 Å². The molecule has 2 aromatic rings. The van der Waals surface area contributed by atoms with Gasteiger partial charge in [-0.05, 0) is 37.5 Å². The summed E-state index contributed by atoms with van der Waals surface area (Å²) >= 11 is 0. The van der Waals surface area contributed by atoms with Crippen LogP contribution < -0.4 is 9.64 Å². The predicted octanol–water partition coefficient (Wildman–Crippen LogP) is 2.34. The van der Waals surface area contributed by atoms with Gasteiger partial charge in [0, 0.05) is 49.8 Å². The first kappa shape index (κ1) is 20.1. The number of rotatable bonds is 6. The van der Waals surface area contributed by atoms with Gasteiger partial charge in [0.15, 0.2) is 0 Å². The Labute approximate surface area is 172 Å². The molecule has 2 heterocycles. The monoisotopic (exact) mass is 416 g/mol. The van der Waals surface area contributed by atoms with E-state index in [1.165, 1.54) is 6.26 Å². The van der Waals surface area contributed by atoms with E-state index < -0.39 is 10.0 Å². The van der Waals surface area contributed by atoms with Gasteiger partial charge < -0.3 is 9.64 Å². The number of hydrogen-bond acceptors (Lipinski definition) is 6. The fraction of sp³-hybridized carbons (Fsp3) is 0.524. The molecule has 1 aromatic heterocycles. The van der Waals surface area contributed by atoms with E-state index in [9.17, 15) is 8.42 Å². The van der Waals surface area contributed by atoms with Gasteiger partial charge in [-0.3, -0.25) is 0 Å². The minimum absolute atomic E-state index is 0.468. The first-order valence-corrected chi connectivity index (χ1v) is 11.9. The van der Waals surface area contributed by atoms with Crippen LogP contribution in [0.3, 0.4) is 0 Å². The highest BCUT2D eigenvalue weighted by molar-refractivity contribution is 7.88. The van der Waals surface area contributed by atoms with Gasteiger partial charge in [-0.2, -0.15) is 4.31 Å². The Morgan fingerprint density at radius 1 is 1.14 bits per heavy atom. The van der Waals surface area contributed by atoms with E-state index in [-0.39, 0.29) is 0 Å². The minimum atomic E-state index is -3.16. The molecule has 4 rings (SSSR count). The Hall–Kier alpha value is -2.19. The third-order valence-corrected chi connectivity index (χ3v) is 6.98. The average molecular weight is 417 g/mol. The van der Waals surface area contributed by atoms with Gasteiger partial charge in [-0.1, -0.05) is 12.1 Å². The second-order valence-electron chi connectivity index (χ2n) is 7.92. The molecule has 0 amide bonds. The average Bonchev–Trinajstić information content (AvgIpc) is 3.54. The summed E-state index contributed by atoms with van der Waals surface area (Å²) in [6.45, 7) is 4.30. The molecule has 0 unspecified atom stereocenters. The lowest BCUT2D eigenvalue weighted by atomic mass is 10.0. The van der Waals surface area contributed by atoms with Crippen LogP contribution in [0.5, 0.6) is 5.75 Å². The number of anilines is 1. The molecule has 156 valence electrons. The van der Waals surface area contributed by atoms with Crippen LogP contribution in [0.2, 0.25) is 0 Å². The van der Waals surface area contributed by atoms with E-state index >= 15 is 0 Å². The van der Waals surface area contributed by atoms with E-state index in [2.05, 4.69) is 17.9 Å². The molecule has 2 aliphatic rings. The lowest BCUT2D eigenvalue weighted by molar-refractivity contribution is 0.386. The van der Waals surface area contributed by atoms with Crippen molar-refractivity contribution in [3.63, 3.8) is 0 Å². The summed E-state index contributed by atoms with van der Waals surface area (Å²) in [5.41, 5.74) is 3.26. The fourth-order valence-electron chi connectivity index (χ4n) is 3.81. The second kappa shape index (κ2) is 7.91. The zero-order chi connectivity index (χ0) is 20.6. The van der Waals surface area contributed by atoms with Gasteiger partial charge in [0.1, 0.15) is 17.4 Å². The number of hydrogen-bond donors (Lipinski definition) is 0. The van der Waals surface area contributed by atoms with Crippen molar-refractivity contribution in [2.24, 2.45) is 0 Å². The molecular formula is C21H28N4O3S. The largest absolute Gasteiger partial charge is 0.497 e. The molecule has 29 heavy (non-hydrogen) atoms. The maximum atomic E-state index is 11.9. The number of sulfonamides is 1. The summed E-state index contributed by atoms with van der Waals surface area (Å²) in [6.07, 6.45) is 4.29. The van der Waals surface area contributed by atoms with Crippen LogP contribution in [0.15, 0.2) is 24.3 Å². The van der Waals surface area contributed by atoms with Crippen molar-refractivity contribution in [2.45, 2.75) is 32.1 Å². The first-order valence-electron chi connectivity index (χ1n) is 10.1. The number of aryl methyl sites for hydroxylation is 1. The van der Waals surface area contributed by atoms with E-state index in [4.69, 9.17) is 14.7 Å². The Morgan fingerprint density at radius 3 is 2.48 bits per heavy atom. The molecule has 0 bridgehead atoms. The zero-order valence-electron chi connectivity index (χ0n) is 17.3. The number of methoxy groups -OCH3 is 1. The number of ether oxygens (including phenoxy) is 1. The molecule has 1 aliphatic carbocycles. The predicted molar refractivity (Wildman–Crippen MR) is 113 cm³/mol. The fourth-order valence-corrected chi connectivity index (χ4v) is 4.64. The normalized spacial score (nSPS) is 18.1. The van der Waals surface area contributed by atoms with Crippen LogP contribution >= 0.6 is 0 Å². The molecule has 0 spiro atoms. The minimum Gasteiger partial charge on any atom is -0.497 e. The Balaban J connectivity index is 1.65. The SMILES string of the molecule is COc1cccc(Cc2c(C)nc(C3CC3)nc2N2CCN(S(C)(=O)=O)CC2)c1. The number of nitrogens with zero attached hydrogens (tertiary/aromatic N) is 4. The molecule has 0 radical (unpaired) electrons. The van der Waals surface area contributed by atoms with Gasteiger partial charge in [0.05, 0.1) is 13.4 Å². The summed E-state index contributed by atoms with van der Waals surface area (Å²) in [5.74, 6) is 3.18. The van der Waals surface area contributed by atoms with Crippen LogP contribution in [-0.4, -0.2) is 62.2 Å². The molecule has 1 aliphatic heterocycles. The number of aromatic nitrogens is 2. The Kier molecular flexibility index (Phi) is 5.48. The van der Waals surface area contributed by atoms with Crippen molar-refractivity contribution < 1.29 is 13.2 Å². The molecule has 0 N–H and O–H groups in total.